The van der Waals surface area contributed by atoms with Gasteiger partial charge in [0.05, 0.1) is 18.3 Å². The SMILES string of the molecule is CN=C(NCc1cc(C(C)C)no1)NCC(c1c(F)cccc1Cl)N1CCCC1. The number of aromatic nitrogens is 1. The van der Waals surface area contributed by atoms with Crippen LogP contribution in [0.1, 0.15) is 55.7 Å². The molecule has 1 atom stereocenters. The Balaban J connectivity index is 1.65. The van der Waals surface area contributed by atoms with Crippen molar-refractivity contribution in [3.63, 3.8) is 0 Å². The van der Waals surface area contributed by atoms with Gasteiger partial charge in [0.25, 0.3) is 0 Å². The molecule has 6 nitrogen and oxygen atoms in total. The van der Waals surface area contributed by atoms with E-state index in [-0.39, 0.29) is 11.9 Å². The standard InChI is InChI=1S/C21H29ClFN5O/c1-14(2)18-11-15(29-27-18)12-25-21(24-3)26-13-19(28-9-4-5-10-28)20-16(22)7-6-8-17(20)23/h6-8,11,14,19H,4-5,9-10,12-13H2,1-3H3,(H2,24,25,26). The monoisotopic (exact) mass is 421 g/mol. The van der Waals surface area contributed by atoms with Crippen molar-refractivity contribution in [2.45, 2.75) is 45.2 Å². The average molecular weight is 422 g/mol. The number of rotatable bonds is 7. The molecule has 2 heterocycles. The largest absolute Gasteiger partial charge is 0.359 e. The summed E-state index contributed by atoms with van der Waals surface area (Å²) >= 11 is 6.36. The maximum atomic E-state index is 14.6. The smallest absolute Gasteiger partial charge is 0.191 e. The average Bonchev–Trinajstić information content (AvgIpc) is 3.38. The molecule has 0 radical (unpaired) electrons. The minimum absolute atomic E-state index is 0.164. The first kappa shape index (κ1) is 21.6. The summed E-state index contributed by atoms with van der Waals surface area (Å²) in [4.78, 5) is 6.54. The van der Waals surface area contributed by atoms with Crippen LogP contribution in [-0.4, -0.2) is 42.7 Å². The minimum Gasteiger partial charge on any atom is -0.359 e. The second kappa shape index (κ2) is 10.1. The zero-order valence-corrected chi connectivity index (χ0v) is 18.0. The summed E-state index contributed by atoms with van der Waals surface area (Å²) in [5, 5.41) is 11.1. The van der Waals surface area contributed by atoms with Crippen molar-refractivity contribution in [3.8, 4) is 0 Å². The van der Waals surface area contributed by atoms with E-state index < -0.39 is 0 Å². The molecule has 2 N–H and O–H groups in total. The Labute approximate surface area is 176 Å². The number of nitrogens with zero attached hydrogens (tertiary/aromatic N) is 3. The molecule has 1 saturated heterocycles. The first-order chi connectivity index (χ1) is 14.0. The van der Waals surface area contributed by atoms with Crippen molar-refractivity contribution in [2.24, 2.45) is 4.99 Å². The molecule has 0 amide bonds. The van der Waals surface area contributed by atoms with Crippen LogP contribution in [0.15, 0.2) is 33.8 Å². The van der Waals surface area contributed by atoms with Crippen molar-refractivity contribution >= 4 is 17.6 Å². The van der Waals surface area contributed by atoms with Crippen molar-refractivity contribution < 1.29 is 8.91 Å². The Hall–Kier alpha value is -2.12. The molecule has 158 valence electrons. The second-order valence-electron chi connectivity index (χ2n) is 7.57. The van der Waals surface area contributed by atoms with Crippen LogP contribution in [0.3, 0.4) is 0 Å². The van der Waals surface area contributed by atoms with Crippen molar-refractivity contribution in [3.05, 3.63) is 52.1 Å². The number of nitrogens with one attached hydrogen (secondary N) is 2. The molecule has 1 aliphatic heterocycles. The normalized spacial score (nSPS) is 16.4. The summed E-state index contributed by atoms with van der Waals surface area (Å²) in [7, 11) is 1.70. The molecule has 0 bridgehead atoms. The number of aliphatic imine (C=N–C) groups is 1. The van der Waals surface area contributed by atoms with Gasteiger partial charge in [-0.15, -0.1) is 0 Å². The van der Waals surface area contributed by atoms with E-state index in [0.717, 1.165) is 37.4 Å². The van der Waals surface area contributed by atoms with Gasteiger partial charge in [0, 0.05) is 30.2 Å². The van der Waals surface area contributed by atoms with Gasteiger partial charge >= 0.3 is 0 Å². The number of hydrogen-bond acceptors (Lipinski definition) is 4. The van der Waals surface area contributed by atoms with Crippen LogP contribution in [0.25, 0.3) is 0 Å². The Morgan fingerprint density at radius 2 is 2.07 bits per heavy atom. The van der Waals surface area contributed by atoms with Gasteiger partial charge in [-0.2, -0.15) is 0 Å². The Morgan fingerprint density at radius 3 is 2.69 bits per heavy atom. The highest BCUT2D eigenvalue weighted by molar-refractivity contribution is 6.31. The van der Waals surface area contributed by atoms with Crippen LogP contribution < -0.4 is 10.6 Å². The second-order valence-corrected chi connectivity index (χ2v) is 7.98. The molecule has 1 fully saturated rings. The molecule has 0 saturated carbocycles. The Kier molecular flexibility index (Phi) is 7.50. The molecule has 1 aromatic heterocycles. The van der Waals surface area contributed by atoms with Gasteiger partial charge in [0.2, 0.25) is 0 Å². The van der Waals surface area contributed by atoms with Gasteiger partial charge in [-0.3, -0.25) is 9.89 Å². The minimum atomic E-state index is -0.276. The fourth-order valence-electron chi connectivity index (χ4n) is 3.57. The Bertz CT molecular complexity index is 812. The molecule has 2 aromatic rings. The predicted octanol–water partition coefficient (Wildman–Crippen LogP) is 4.09. The molecule has 29 heavy (non-hydrogen) atoms. The van der Waals surface area contributed by atoms with E-state index in [1.165, 1.54) is 6.07 Å². The van der Waals surface area contributed by atoms with E-state index in [1.54, 1.807) is 19.2 Å². The maximum absolute atomic E-state index is 14.6. The molecule has 1 unspecified atom stereocenters. The lowest BCUT2D eigenvalue weighted by atomic mass is 10.0. The maximum Gasteiger partial charge on any atom is 0.191 e. The van der Waals surface area contributed by atoms with E-state index in [9.17, 15) is 4.39 Å². The van der Waals surface area contributed by atoms with Crippen LogP contribution in [0.5, 0.6) is 0 Å². The number of likely N-dealkylation sites (tertiary alicyclic amines) is 1. The fraction of sp³-hybridized carbons (Fsp3) is 0.524. The van der Waals surface area contributed by atoms with E-state index in [1.807, 2.05) is 6.07 Å². The highest BCUT2D eigenvalue weighted by atomic mass is 35.5. The number of benzene rings is 1. The zero-order chi connectivity index (χ0) is 20.8. The van der Waals surface area contributed by atoms with E-state index >= 15 is 0 Å². The van der Waals surface area contributed by atoms with Crippen LogP contribution in [0, 0.1) is 5.82 Å². The lowest BCUT2D eigenvalue weighted by Gasteiger charge is -2.29. The Morgan fingerprint density at radius 1 is 1.31 bits per heavy atom. The highest BCUT2D eigenvalue weighted by Crippen LogP contribution is 2.31. The van der Waals surface area contributed by atoms with Crippen LogP contribution >= 0.6 is 11.6 Å². The molecule has 3 rings (SSSR count). The first-order valence-corrected chi connectivity index (χ1v) is 10.5. The summed E-state index contributed by atoms with van der Waals surface area (Å²) in [6.07, 6.45) is 2.22. The molecule has 0 aliphatic carbocycles. The van der Waals surface area contributed by atoms with Crippen molar-refractivity contribution in [1.82, 2.24) is 20.7 Å². The molecule has 0 spiro atoms. The molecular formula is C21H29ClFN5O. The van der Waals surface area contributed by atoms with Gasteiger partial charge in [-0.25, -0.2) is 4.39 Å². The third kappa shape index (κ3) is 5.48. The van der Waals surface area contributed by atoms with Gasteiger partial charge in [0.15, 0.2) is 11.7 Å². The molecule has 8 heteroatoms. The van der Waals surface area contributed by atoms with Gasteiger partial charge < -0.3 is 15.2 Å². The lowest BCUT2D eigenvalue weighted by molar-refractivity contribution is 0.240. The number of guanidine groups is 1. The summed E-state index contributed by atoms with van der Waals surface area (Å²) in [6, 6.07) is 6.62. The van der Waals surface area contributed by atoms with Gasteiger partial charge in [-0.1, -0.05) is 36.7 Å². The van der Waals surface area contributed by atoms with E-state index in [0.29, 0.717) is 35.6 Å². The highest BCUT2D eigenvalue weighted by Gasteiger charge is 2.27. The number of halogens is 2. The van der Waals surface area contributed by atoms with Gasteiger partial charge in [0.1, 0.15) is 5.82 Å². The zero-order valence-electron chi connectivity index (χ0n) is 17.2. The molecule has 1 aromatic carbocycles. The van der Waals surface area contributed by atoms with Crippen LogP contribution in [-0.2, 0) is 6.54 Å². The molecule has 1 aliphatic rings. The third-order valence-electron chi connectivity index (χ3n) is 5.20. The quantitative estimate of drug-likeness (QED) is 0.520. The van der Waals surface area contributed by atoms with E-state index in [2.05, 4.69) is 39.5 Å². The summed E-state index contributed by atoms with van der Waals surface area (Å²) in [5.74, 6) is 1.40. The number of hydrogen-bond donors (Lipinski definition) is 2. The summed E-state index contributed by atoms with van der Waals surface area (Å²) in [5.41, 5.74) is 1.46. The third-order valence-corrected chi connectivity index (χ3v) is 5.53. The topological polar surface area (TPSA) is 65.7 Å². The first-order valence-electron chi connectivity index (χ1n) is 10.1. The summed E-state index contributed by atoms with van der Waals surface area (Å²) < 4.78 is 20.0. The predicted molar refractivity (Wildman–Crippen MR) is 114 cm³/mol. The van der Waals surface area contributed by atoms with E-state index in [4.69, 9.17) is 16.1 Å². The van der Waals surface area contributed by atoms with Crippen molar-refractivity contribution in [2.75, 3.05) is 26.7 Å². The molecular weight excluding hydrogens is 393 g/mol. The van der Waals surface area contributed by atoms with Crippen LogP contribution in [0.2, 0.25) is 5.02 Å². The van der Waals surface area contributed by atoms with Crippen LogP contribution in [0.4, 0.5) is 4.39 Å². The fourth-order valence-corrected chi connectivity index (χ4v) is 3.85. The van der Waals surface area contributed by atoms with Gasteiger partial charge in [-0.05, 0) is 44.0 Å². The van der Waals surface area contributed by atoms with Crippen molar-refractivity contribution in [1.29, 1.82) is 0 Å². The summed E-state index contributed by atoms with van der Waals surface area (Å²) in [6.45, 7) is 6.96. The lowest BCUT2D eigenvalue weighted by Crippen LogP contribution is -2.42.